The van der Waals surface area contributed by atoms with Gasteiger partial charge in [0.25, 0.3) is 5.89 Å². The molecule has 100 valence electrons. The highest BCUT2D eigenvalue weighted by Gasteiger charge is 2.12. The van der Waals surface area contributed by atoms with Gasteiger partial charge in [0.1, 0.15) is 5.75 Å². The van der Waals surface area contributed by atoms with Crippen LogP contribution in [0.1, 0.15) is 34.6 Å². The Morgan fingerprint density at radius 2 is 2.26 bits per heavy atom. The predicted octanol–water partition coefficient (Wildman–Crippen LogP) is 2.22. The van der Waals surface area contributed by atoms with E-state index in [9.17, 15) is 4.79 Å². The van der Waals surface area contributed by atoms with E-state index in [1.54, 1.807) is 19.1 Å². The average molecular weight is 262 g/mol. The minimum Gasteiger partial charge on any atom is -0.483 e. The van der Waals surface area contributed by atoms with Gasteiger partial charge in [-0.25, -0.2) is 4.79 Å². The SMILES string of the molecule is CCc1noc(COc2cccc(C(=O)O)c2C)n1. The molecule has 1 aromatic heterocycles. The van der Waals surface area contributed by atoms with Gasteiger partial charge < -0.3 is 14.4 Å². The molecule has 0 bridgehead atoms. The number of aromatic nitrogens is 2. The highest BCUT2D eigenvalue weighted by molar-refractivity contribution is 5.90. The van der Waals surface area contributed by atoms with E-state index in [-0.39, 0.29) is 12.2 Å². The van der Waals surface area contributed by atoms with Crippen LogP contribution in [0, 0.1) is 6.92 Å². The second kappa shape index (κ2) is 5.51. The molecule has 0 fully saturated rings. The van der Waals surface area contributed by atoms with Crippen LogP contribution in [0.4, 0.5) is 0 Å². The highest BCUT2D eigenvalue weighted by Crippen LogP contribution is 2.22. The smallest absolute Gasteiger partial charge is 0.336 e. The molecule has 2 aromatic rings. The van der Waals surface area contributed by atoms with Crippen LogP contribution in [0.15, 0.2) is 22.7 Å². The van der Waals surface area contributed by atoms with E-state index in [1.165, 1.54) is 6.07 Å². The van der Waals surface area contributed by atoms with Crippen LogP contribution in [0.2, 0.25) is 0 Å². The van der Waals surface area contributed by atoms with Crippen molar-refractivity contribution in [2.75, 3.05) is 0 Å². The number of aryl methyl sites for hydroxylation is 1. The lowest BCUT2D eigenvalue weighted by Crippen LogP contribution is -2.03. The lowest BCUT2D eigenvalue weighted by Gasteiger charge is -2.08. The molecule has 0 saturated heterocycles. The fraction of sp³-hybridized carbons (Fsp3) is 0.308. The zero-order valence-corrected chi connectivity index (χ0v) is 10.7. The molecule has 19 heavy (non-hydrogen) atoms. The van der Waals surface area contributed by atoms with Gasteiger partial charge in [0.05, 0.1) is 5.56 Å². The minimum atomic E-state index is -0.978. The van der Waals surface area contributed by atoms with Crippen molar-refractivity contribution < 1.29 is 19.2 Å². The summed E-state index contributed by atoms with van der Waals surface area (Å²) in [5, 5.41) is 12.8. The molecule has 0 unspecified atom stereocenters. The number of rotatable bonds is 5. The first-order valence-corrected chi connectivity index (χ1v) is 5.89. The average Bonchev–Trinajstić information content (AvgIpc) is 2.85. The zero-order chi connectivity index (χ0) is 13.8. The minimum absolute atomic E-state index is 0.122. The summed E-state index contributed by atoms with van der Waals surface area (Å²) in [5.41, 5.74) is 0.794. The monoisotopic (exact) mass is 262 g/mol. The van der Waals surface area contributed by atoms with E-state index in [4.69, 9.17) is 14.4 Å². The fourth-order valence-electron chi connectivity index (χ4n) is 1.63. The first kappa shape index (κ1) is 13.1. The molecule has 6 heteroatoms. The van der Waals surface area contributed by atoms with Crippen LogP contribution in [-0.4, -0.2) is 21.2 Å². The van der Waals surface area contributed by atoms with Gasteiger partial charge in [-0.3, -0.25) is 0 Å². The third-order valence-corrected chi connectivity index (χ3v) is 2.69. The predicted molar refractivity (Wildman–Crippen MR) is 66.1 cm³/mol. The second-order valence-electron chi connectivity index (χ2n) is 3.98. The van der Waals surface area contributed by atoms with E-state index >= 15 is 0 Å². The summed E-state index contributed by atoms with van der Waals surface area (Å²) >= 11 is 0. The zero-order valence-electron chi connectivity index (χ0n) is 10.7. The van der Waals surface area contributed by atoms with E-state index in [2.05, 4.69) is 10.1 Å². The molecule has 1 aromatic carbocycles. The van der Waals surface area contributed by atoms with Gasteiger partial charge in [0, 0.05) is 12.0 Å². The van der Waals surface area contributed by atoms with Crippen LogP contribution >= 0.6 is 0 Å². The van der Waals surface area contributed by atoms with Crippen LogP contribution < -0.4 is 4.74 Å². The molecule has 0 aliphatic rings. The van der Waals surface area contributed by atoms with Crippen LogP contribution in [0.5, 0.6) is 5.75 Å². The normalized spacial score (nSPS) is 10.4. The number of carboxylic acid groups (broad SMARTS) is 1. The molecule has 0 amide bonds. The van der Waals surface area contributed by atoms with E-state index in [0.29, 0.717) is 29.4 Å². The summed E-state index contributed by atoms with van der Waals surface area (Å²) in [5.74, 6) is 0.511. The van der Waals surface area contributed by atoms with Gasteiger partial charge in [-0.05, 0) is 19.1 Å². The van der Waals surface area contributed by atoms with Crippen LogP contribution in [-0.2, 0) is 13.0 Å². The van der Waals surface area contributed by atoms with Gasteiger partial charge >= 0.3 is 5.97 Å². The van der Waals surface area contributed by atoms with Crippen molar-refractivity contribution in [3.8, 4) is 5.75 Å². The van der Waals surface area contributed by atoms with Crippen molar-refractivity contribution in [1.82, 2.24) is 10.1 Å². The Labute approximate surface area is 110 Å². The molecular formula is C13H14N2O4. The van der Waals surface area contributed by atoms with Gasteiger partial charge in [-0.15, -0.1) is 0 Å². The maximum absolute atomic E-state index is 11.0. The number of carbonyl (C=O) groups is 1. The molecule has 2 rings (SSSR count). The van der Waals surface area contributed by atoms with E-state index < -0.39 is 5.97 Å². The third-order valence-electron chi connectivity index (χ3n) is 2.69. The summed E-state index contributed by atoms with van der Waals surface area (Å²) < 4.78 is 10.5. The molecule has 0 radical (unpaired) electrons. The quantitative estimate of drug-likeness (QED) is 0.889. The Hall–Kier alpha value is -2.37. The van der Waals surface area contributed by atoms with Crippen molar-refractivity contribution in [3.05, 3.63) is 41.0 Å². The Bertz CT molecular complexity index is 592. The van der Waals surface area contributed by atoms with Crippen molar-refractivity contribution >= 4 is 5.97 Å². The third kappa shape index (κ3) is 2.90. The van der Waals surface area contributed by atoms with Crippen molar-refractivity contribution in [3.63, 3.8) is 0 Å². The number of carboxylic acids is 1. The van der Waals surface area contributed by atoms with Gasteiger partial charge in [0.2, 0.25) is 0 Å². The topological polar surface area (TPSA) is 85.5 Å². The molecule has 6 nitrogen and oxygen atoms in total. The number of nitrogens with zero attached hydrogens (tertiary/aromatic N) is 2. The molecular weight excluding hydrogens is 248 g/mol. The van der Waals surface area contributed by atoms with Crippen molar-refractivity contribution in [2.45, 2.75) is 26.9 Å². The van der Waals surface area contributed by atoms with E-state index in [1.807, 2.05) is 6.92 Å². The standard InChI is InChI=1S/C13H14N2O4/c1-3-11-14-12(19-15-11)7-18-10-6-4-5-9(8(10)2)13(16)17/h4-6H,3,7H2,1-2H3,(H,16,17). The molecule has 0 atom stereocenters. The lowest BCUT2D eigenvalue weighted by molar-refractivity contribution is 0.0695. The summed E-state index contributed by atoms with van der Waals surface area (Å²) in [4.78, 5) is 15.1. The number of benzene rings is 1. The van der Waals surface area contributed by atoms with Crippen LogP contribution in [0.25, 0.3) is 0 Å². The number of hydrogen-bond donors (Lipinski definition) is 1. The molecule has 0 aliphatic carbocycles. The Morgan fingerprint density at radius 1 is 1.47 bits per heavy atom. The van der Waals surface area contributed by atoms with Crippen molar-refractivity contribution in [2.24, 2.45) is 0 Å². The highest BCUT2D eigenvalue weighted by atomic mass is 16.5. The first-order valence-electron chi connectivity index (χ1n) is 5.89. The van der Waals surface area contributed by atoms with E-state index in [0.717, 1.165) is 0 Å². The molecule has 0 aliphatic heterocycles. The van der Waals surface area contributed by atoms with Gasteiger partial charge in [-0.1, -0.05) is 18.1 Å². The van der Waals surface area contributed by atoms with Gasteiger partial charge in [0.15, 0.2) is 12.4 Å². The largest absolute Gasteiger partial charge is 0.483 e. The number of hydrogen-bond acceptors (Lipinski definition) is 5. The van der Waals surface area contributed by atoms with Crippen molar-refractivity contribution in [1.29, 1.82) is 0 Å². The molecule has 0 spiro atoms. The maximum Gasteiger partial charge on any atom is 0.336 e. The van der Waals surface area contributed by atoms with Gasteiger partial charge in [-0.2, -0.15) is 4.98 Å². The summed E-state index contributed by atoms with van der Waals surface area (Å²) in [6.45, 7) is 3.75. The Morgan fingerprint density at radius 3 is 2.89 bits per heavy atom. The molecule has 0 saturated carbocycles. The molecule has 1 N–H and O–H groups in total. The summed E-state index contributed by atoms with van der Waals surface area (Å²) in [6, 6.07) is 4.88. The number of ether oxygens (including phenoxy) is 1. The fourth-order valence-corrected chi connectivity index (χ4v) is 1.63. The lowest BCUT2D eigenvalue weighted by atomic mass is 10.1. The first-order chi connectivity index (χ1) is 9.11. The summed E-state index contributed by atoms with van der Waals surface area (Å²) in [6.07, 6.45) is 0.691. The Balaban J connectivity index is 2.11. The number of aromatic carboxylic acids is 1. The summed E-state index contributed by atoms with van der Waals surface area (Å²) in [7, 11) is 0. The maximum atomic E-state index is 11.0. The molecule has 1 heterocycles. The second-order valence-corrected chi connectivity index (χ2v) is 3.98. The van der Waals surface area contributed by atoms with Crippen LogP contribution in [0.3, 0.4) is 0 Å². The Kier molecular flexibility index (Phi) is 3.79.